The van der Waals surface area contributed by atoms with Gasteiger partial charge in [-0.1, -0.05) is 16.8 Å². The molecule has 0 saturated carbocycles. The minimum Gasteiger partial charge on any atom is -0.267 e. The zero-order chi connectivity index (χ0) is 13.4. The first-order valence-corrected chi connectivity index (χ1v) is 5.76. The highest BCUT2D eigenvalue weighted by Crippen LogP contribution is 2.04. The van der Waals surface area contributed by atoms with E-state index in [2.05, 4.69) is 25.6 Å². The SMILES string of the molecule is Cn1ncc2c(=O)n(Cc3ccc(Cl)nn3)nnc21. The fourth-order valence-corrected chi connectivity index (χ4v) is 1.76. The summed E-state index contributed by atoms with van der Waals surface area (Å²) in [4.78, 5) is 12.1. The number of halogens is 1. The second-order valence-electron chi connectivity index (χ2n) is 3.91. The fourth-order valence-electron chi connectivity index (χ4n) is 1.66. The van der Waals surface area contributed by atoms with Gasteiger partial charge in [0.15, 0.2) is 10.8 Å². The molecule has 0 fully saturated rings. The summed E-state index contributed by atoms with van der Waals surface area (Å²) in [6.45, 7) is 0.181. The third kappa shape index (κ3) is 2.06. The molecule has 3 aromatic heterocycles. The van der Waals surface area contributed by atoms with Crippen molar-refractivity contribution in [3.63, 3.8) is 0 Å². The summed E-state index contributed by atoms with van der Waals surface area (Å²) < 4.78 is 2.71. The van der Waals surface area contributed by atoms with Crippen molar-refractivity contribution in [2.45, 2.75) is 6.54 Å². The number of aromatic nitrogens is 7. The molecule has 3 rings (SSSR count). The average molecular weight is 278 g/mol. The summed E-state index contributed by atoms with van der Waals surface area (Å²) >= 11 is 5.65. The van der Waals surface area contributed by atoms with Gasteiger partial charge in [-0.3, -0.25) is 4.79 Å². The Morgan fingerprint density at radius 3 is 2.84 bits per heavy atom. The van der Waals surface area contributed by atoms with E-state index in [9.17, 15) is 4.79 Å². The Morgan fingerprint density at radius 1 is 1.26 bits per heavy atom. The Balaban J connectivity index is 2.04. The van der Waals surface area contributed by atoms with Gasteiger partial charge in [0, 0.05) is 7.05 Å². The Morgan fingerprint density at radius 2 is 2.11 bits per heavy atom. The fraction of sp³-hybridized carbons (Fsp3) is 0.200. The highest BCUT2D eigenvalue weighted by atomic mass is 35.5. The van der Waals surface area contributed by atoms with Crippen molar-refractivity contribution in [1.29, 1.82) is 0 Å². The Bertz CT molecular complexity index is 792. The van der Waals surface area contributed by atoms with Crippen molar-refractivity contribution >= 4 is 22.6 Å². The molecule has 0 bridgehead atoms. The third-order valence-corrected chi connectivity index (χ3v) is 2.82. The number of rotatable bonds is 2. The molecule has 0 saturated heterocycles. The maximum absolute atomic E-state index is 12.1. The van der Waals surface area contributed by atoms with Gasteiger partial charge in [-0.2, -0.15) is 10.2 Å². The lowest BCUT2D eigenvalue weighted by Crippen LogP contribution is -2.25. The van der Waals surface area contributed by atoms with Crippen molar-refractivity contribution in [1.82, 2.24) is 35.0 Å². The normalized spacial score (nSPS) is 11.1. The molecule has 0 atom stereocenters. The first-order chi connectivity index (χ1) is 9.15. The Hall–Kier alpha value is -2.35. The van der Waals surface area contributed by atoms with E-state index in [1.807, 2.05) is 0 Å². The van der Waals surface area contributed by atoms with Crippen LogP contribution in [0.15, 0.2) is 23.1 Å². The van der Waals surface area contributed by atoms with E-state index in [0.29, 0.717) is 21.9 Å². The quantitative estimate of drug-likeness (QED) is 0.656. The summed E-state index contributed by atoms with van der Waals surface area (Å²) in [7, 11) is 1.70. The molecule has 0 N–H and O–H groups in total. The third-order valence-electron chi connectivity index (χ3n) is 2.62. The minimum atomic E-state index is -0.269. The van der Waals surface area contributed by atoms with Crippen LogP contribution in [-0.2, 0) is 13.6 Å². The monoisotopic (exact) mass is 277 g/mol. The van der Waals surface area contributed by atoms with E-state index in [0.717, 1.165) is 0 Å². The van der Waals surface area contributed by atoms with Crippen LogP contribution in [0.1, 0.15) is 5.69 Å². The van der Waals surface area contributed by atoms with Crippen LogP contribution in [0.3, 0.4) is 0 Å². The maximum Gasteiger partial charge on any atom is 0.281 e. The number of hydrogen-bond donors (Lipinski definition) is 0. The molecule has 96 valence electrons. The molecule has 0 spiro atoms. The Kier molecular flexibility index (Phi) is 2.71. The van der Waals surface area contributed by atoms with E-state index in [4.69, 9.17) is 11.6 Å². The van der Waals surface area contributed by atoms with Crippen LogP contribution in [0.5, 0.6) is 0 Å². The van der Waals surface area contributed by atoms with Gasteiger partial charge in [-0.05, 0) is 12.1 Å². The highest BCUT2D eigenvalue weighted by molar-refractivity contribution is 6.29. The van der Waals surface area contributed by atoms with Crippen LogP contribution in [0, 0.1) is 0 Å². The summed E-state index contributed by atoms with van der Waals surface area (Å²) in [6.07, 6.45) is 1.47. The number of hydrogen-bond acceptors (Lipinski definition) is 6. The van der Waals surface area contributed by atoms with Crippen molar-refractivity contribution in [3.05, 3.63) is 39.5 Å². The molecule has 0 amide bonds. The van der Waals surface area contributed by atoms with E-state index < -0.39 is 0 Å². The van der Waals surface area contributed by atoms with Gasteiger partial charge in [0.25, 0.3) is 5.56 Å². The predicted molar refractivity (Wildman–Crippen MR) is 66.7 cm³/mol. The predicted octanol–water partition coefficient (Wildman–Crippen LogP) is 0.0167. The molecular weight excluding hydrogens is 270 g/mol. The zero-order valence-electron chi connectivity index (χ0n) is 9.86. The van der Waals surface area contributed by atoms with Gasteiger partial charge in [0.05, 0.1) is 18.4 Å². The van der Waals surface area contributed by atoms with Gasteiger partial charge >= 0.3 is 0 Å². The van der Waals surface area contributed by atoms with E-state index in [1.54, 1.807) is 19.2 Å². The summed E-state index contributed by atoms with van der Waals surface area (Å²) in [6, 6.07) is 3.28. The first kappa shape index (κ1) is 11.7. The molecule has 9 heteroatoms. The zero-order valence-corrected chi connectivity index (χ0v) is 10.6. The molecule has 0 aromatic carbocycles. The van der Waals surface area contributed by atoms with Crippen LogP contribution in [0.25, 0.3) is 11.0 Å². The highest BCUT2D eigenvalue weighted by Gasteiger charge is 2.10. The van der Waals surface area contributed by atoms with E-state index >= 15 is 0 Å². The molecule has 3 heterocycles. The largest absolute Gasteiger partial charge is 0.281 e. The van der Waals surface area contributed by atoms with E-state index in [1.165, 1.54) is 15.6 Å². The van der Waals surface area contributed by atoms with Crippen molar-refractivity contribution in [3.8, 4) is 0 Å². The van der Waals surface area contributed by atoms with Gasteiger partial charge in [0.2, 0.25) is 0 Å². The van der Waals surface area contributed by atoms with Gasteiger partial charge in [0.1, 0.15) is 5.39 Å². The maximum atomic E-state index is 12.1. The van der Waals surface area contributed by atoms with Crippen molar-refractivity contribution in [2.24, 2.45) is 7.05 Å². The van der Waals surface area contributed by atoms with Crippen LogP contribution in [0.2, 0.25) is 5.15 Å². The molecule has 3 aromatic rings. The second kappa shape index (κ2) is 4.39. The van der Waals surface area contributed by atoms with Crippen LogP contribution < -0.4 is 5.56 Å². The van der Waals surface area contributed by atoms with Crippen LogP contribution in [-0.4, -0.2) is 35.0 Å². The molecule has 0 aliphatic heterocycles. The first-order valence-electron chi connectivity index (χ1n) is 5.39. The van der Waals surface area contributed by atoms with Gasteiger partial charge < -0.3 is 0 Å². The minimum absolute atomic E-state index is 0.181. The second-order valence-corrected chi connectivity index (χ2v) is 4.29. The van der Waals surface area contributed by atoms with Gasteiger partial charge in [-0.25, -0.2) is 9.36 Å². The Labute approximate surface area is 111 Å². The van der Waals surface area contributed by atoms with Crippen molar-refractivity contribution < 1.29 is 0 Å². The lowest BCUT2D eigenvalue weighted by molar-refractivity contribution is 0.582. The summed E-state index contributed by atoms with van der Waals surface area (Å²) in [5.41, 5.74) is 0.752. The average Bonchev–Trinajstić information content (AvgIpc) is 2.78. The van der Waals surface area contributed by atoms with Gasteiger partial charge in [-0.15, -0.1) is 10.2 Å². The van der Waals surface area contributed by atoms with Crippen LogP contribution in [0.4, 0.5) is 0 Å². The molecule has 19 heavy (non-hydrogen) atoms. The molecule has 0 aliphatic rings. The summed E-state index contributed by atoms with van der Waals surface area (Å²) in [5, 5.41) is 20.1. The van der Waals surface area contributed by atoms with Crippen molar-refractivity contribution in [2.75, 3.05) is 0 Å². The molecule has 8 nitrogen and oxygen atoms in total. The molecule has 0 unspecified atom stereocenters. The van der Waals surface area contributed by atoms with Crippen LogP contribution >= 0.6 is 11.6 Å². The smallest absolute Gasteiger partial charge is 0.267 e. The summed E-state index contributed by atoms with van der Waals surface area (Å²) in [5.74, 6) is 0. The number of fused-ring (bicyclic) bond motifs is 1. The molecule has 0 radical (unpaired) electrons. The lowest BCUT2D eigenvalue weighted by Gasteiger charge is -2.02. The number of aryl methyl sites for hydroxylation is 1. The topological polar surface area (TPSA) is 91.4 Å². The standard InChI is InChI=1S/C10H8ClN7O/c1-17-9-7(4-12-17)10(19)18(16-15-9)5-6-2-3-8(11)14-13-6/h2-4H,5H2,1H3. The molecule has 0 aliphatic carbocycles. The molecular formula is C10H8ClN7O. The lowest BCUT2D eigenvalue weighted by atomic mass is 10.4. The van der Waals surface area contributed by atoms with E-state index in [-0.39, 0.29) is 12.1 Å². The number of nitrogens with zero attached hydrogens (tertiary/aromatic N) is 7.